The number of hydrogen-bond acceptors (Lipinski definition) is 4. The molecule has 1 aliphatic rings. The van der Waals surface area contributed by atoms with E-state index in [1.54, 1.807) is 0 Å². The monoisotopic (exact) mass is 390 g/mol. The van der Waals surface area contributed by atoms with Crippen molar-refractivity contribution in [2.75, 3.05) is 0 Å². The van der Waals surface area contributed by atoms with Gasteiger partial charge in [0, 0.05) is 15.4 Å². The number of thioether (sulfide) groups is 2. The van der Waals surface area contributed by atoms with Crippen LogP contribution in [0.5, 0.6) is 0 Å². The molecular formula is C23H18O2S2. The number of hydrogen-bond donors (Lipinski definition) is 0. The molecule has 0 radical (unpaired) electrons. The molecule has 1 heterocycles. The van der Waals surface area contributed by atoms with Gasteiger partial charge in [0.2, 0.25) is 0 Å². The summed E-state index contributed by atoms with van der Waals surface area (Å²) in [7, 11) is 0. The van der Waals surface area contributed by atoms with Crippen molar-refractivity contribution in [1.29, 1.82) is 0 Å². The Bertz CT molecular complexity index is 923. The van der Waals surface area contributed by atoms with Gasteiger partial charge in [0.1, 0.15) is 5.76 Å². The first kappa shape index (κ1) is 18.0. The maximum absolute atomic E-state index is 13.0. The summed E-state index contributed by atoms with van der Waals surface area (Å²) >= 11 is 3.03. The van der Waals surface area contributed by atoms with Gasteiger partial charge in [-0.05, 0) is 37.3 Å². The highest BCUT2D eigenvalue weighted by Gasteiger charge is 2.46. The molecule has 0 bridgehead atoms. The topological polar surface area (TPSA) is 26.3 Å². The summed E-state index contributed by atoms with van der Waals surface area (Å²) in [5, 5.41) is 0. The maximum atomic E-state index is 13.0. The van der Waals surface area contributed by atoms with E-state index in [9.17, 15) is 4.79 Å². The molecule has 0 saturated heterocycles. The molecule has 0 N–H and O–H groups in total. The van der Waals surface area contributed by atoms with Gasteiger partial charge < -0.3 is 4.74 Å². The largest absolute Gasteiger partial charge is 0.424 e. The van der Waals surface area contributed by atoms with Crippen LogP contribution >= 0.6 is 23.5 Å². The van der Waals surface area contributed by atoms with Crippen molar-refractivity contribution in [1.82, 2.24) is 0 Å². The average Bonchev–Trinajstić information content (AvgIpc) is 3.00. The van der Waals surface area contributed by atoms with Crippen LogP contribution in [-0.2, 0) is 9.53 Å². The zero-order chi connectivity index (χ0) is 18.7. The lowest BCUT2D eigenvalue weighted by molar-refractivity contribution is -0.134. The van der Waals surface area contributed by atoms with Gasteiger partial charge in [-0.1, -0.05) is 89.8 Å². The lowest BCUT2D eigenvalue weighted by Crippen LogP contribution is -2.25. The number of ether oxygens (including phenoxy) is 1. The smallest absolute Gasteiger partial charge is 0.342 e. The molecule has 0 spiro atoms. The first-order chi connectivity index (χ1) is 13.1. The molecule has 0 atom stereocenters. The van der Waals surface area contributed by atoms with Crippen molar-refractivity contribution in [3.63, 3.8) is 0 Å². The van der Waals surface area contributed by atoms with Crippen molar-refractivity contribution in [3.05, 3.63) is 102 Å². The quantitative estimate of drug-likeness (QED) is 0.384. The number of rotatable bonds is 5. The van der Waals surface area contributed by atoms with Crippen LogP contribution in [0, 0.1) is 6.92 Å². The Kier molecular flexibility index (Phi) is 5.10. The predicted octanol–water partition coefficient (Wildman–Crippen LogP) is 6.17. The molecule has 2 nitrogen and oxygen atoms in total. The molecule has 4 rings (SSSR count). The minimum absolute atomic E-state index is 0.249. The summed E-state index contributed by atoms with van der Waals surface area (Å²) < 4.78 is 4.87. The van der Waals surface area contributed by atoms with Gasteiger partial charge in [0.15, 0.2) is 4.08 Å². The Labute approximate surface area is 167 Å². The third-order valence-corrected chi connectivity index (χ3v) is 6.86. The first-order valence-electron chi connectivity index (χ1n) is 8.65. The van der Waals surface area contributed by atoms with E-state index in [1.807, 2.05) is 97.9 Å². The van der Waals surface area contributed by atoms with Gasteiger partial charge in [-0.15, -0.1) is 0 Å². The van der Waals surface area contributed by atoms with Crippen molar-refractivity contribution < 1.29 is 9.53 Å². The second-order valence-corrected chi connectivity index (χ2v) is 9.16. The number of benzene rings is 3. The molecule has 0 aliphatic carbocycles. The van der Waals surface area contributed by atoms with Gasteiger partial charge in [-0.2, -0.15) is 0 Å². The predicted molar refractivity (Wildman–Crippen MR) is 113 cm³/mol. The highest BCUT2D eigenvalue weighted by atomic mass is 32.2. The van der Waals surface area contributed by atoms with E-state index in [0.29, 0.717) is 5.76 Å². The van der Waals surface area contributed by atoms with E-state index in [4.69, 9.17) is 4.74 Å². The van der Waals surface area contributed by atoms with Gasteiger partial charge >= 0.3 is 5.97 Å². The third kappa shape index (κ3) is 3.97. The van der Waals surface area contributed by atoms with Crippen LogP contribution in [0.3, 0.4) is 0 Å². The molecule has 0 unspecified atom stereocenters. The van der Waals surface area contributed by atoms with E-state index in [0.717, 1.165) is 15.4 Å². The van der Waals surface area contributed by atoms with Crippen molar-refractivity contribution in [2.45, 2.75) is 20.8 Å². The molecular weight excluding hydrogens is 372 g/mol. The van der Waals surface area contributed by atoms with Crippen LogP contribution in [0.2, 0.25) is 0 Å². The van der Waals surface area contributed by atoms with Crippen LogP contribution < -0.4 is 0 Å². The summed E-state index contributed by atoms with van der Waals surface area (Å²) in [5.74, 6) is 0.368. The van der Waals surface area contributed by atoms with Gasteiger partial charge in [0.25, 0.3) is 0 Å². The zero-order valence-electron chi connectivity index (χ0n) is 14.8. The zero-order valence-corrected chi connectivity index (χ0v) is 16.4. The van der Waals surface area contributed by atoms with E-state index in [1.165, 1.54) is 29.1 Å². The normalized spacial score (nSPS) is 15.3. The fraction of sp³-hybridized carbons (Fsp3) is 0.0870. The van der Waals surface area contributed by atoms with Crippen LogP contribution in [0.1, 0.15) is 11.1 Å². The Hall–Kier alpha value is -2.43. The molecule has 0 fully saturated rings. The second-order valence-electron chi connectivity index (χ2n) is 6.26. The summed E-state index contributed by atoms with van der Waals surface area (Å²) in [6.07, 6.45) is 1.95. The van der Waals surface area contributed by atoms with E-state index >= 15 is 0 Å². The number of carbonyl (C=O) groups is 1. The van der Waals surface area contributed by atoms with Crippen LogP contribution in [0.15, 0.2) is 101 Å². The van der Waals surface area contributed by atoms with Gasteiger partial charge in [-0.3, -0.25) is 0 Å². The molecule has 134 valence electrons. The molecule has 3 aromatic carbocycles. The van der Waals surface area contributed by atoms with Crippen molar-refractivity contribution in [3.8, 4) is 0 Å². The minimum Gasteiger partial charge on any atom is -0.424 e. The molecule has 3 aromatic rings. The Morgan fingerprint density at radius 3 is 1.78 bits per heavy atom. The summed E-state index contributed by atoms with van der Waals surface area (Å²) in [5.41, 5.74) is 2.09. The number of esters is 1. The lowest BCUT2D eigenvalue weighted by Gasteiger charge is -2.22. The lowest BCUT2D eigenvalue weighted by atomic mass is 10.1. The first-order valence-corrected chi connectivity index (χ1v) is 10.3. The molecule has 0 amide bonds. The number of aryl methyl sites for hydroxylation is 1. The highest BCUT2D eigenvalue weighted by molar-refractivity contribution is 8.19. The Morgan fingerprint density at radius 1 is 0.741 bits per heavy atom. The van der Waals surface area contributed by atoms with Crippen LogP contribution in [0.4, 0.5) is 0 Å². The number of cyclic esters (lactones) is 1. The molecule has 0 saturated carbocycles. The Morgan fingerprint density at radius 2 is 1.26 bits per heavy atom. The molecule has 4 heteroatoms. The van der Waals surface area contributed by atoms with Crippen LogP contribution in [-0.4, -0.2) is 10.0 Å². The standard InChI is InChI=1S/C23H18O2S2/c1-17-12-14-18(15-13-17)21-16-23(22(24)25-21,26-19-8-4-2-5-9-19)27-20-10-6-3-7-11-20/h2-16H,1H3. The fourth-order valence-electron chi connectivity index (χ4n) is 2.78. The highest BCUT2D eigenvalue weighted by Crippen LogP contribution is 2.52. The Balaban J connectivity index is 1.74. The average molecular weight is 391 g/mol. The summed E-state index contributed by atoms with van der Waals surface area (Å²) in [6.45, 7) is 2.04. The van der Waals surface area contributed by atoms with Gasteiger partial charge in [0.05, 0.1) is 0 Å². The second kappa shape index (κ2) is 7.67. The summed E-state index contributed by atoms with van der Waals surface area (Å²) in [6, 6.07) is 28.0. The minimum atomic E-state index is -0.858. The molecule has 0 aromatic heterocycles. The molecule has 1 aliphatic heterocycles. The van der Waals surface area contributed by atoms with Gasteiger partial charge in [-0.25, -0.2) is 4.79 Å². The van der Waals surface area contributed by atoms with Crippen molar-refractivity contribution in [2.24, 2.45) is 0 Å². The van der Waals surface area contributed by atoms with E-state index in [2.05, 4.69) is 0 Å². The third-order valence-electron chi connectivity index (χ3n) is 4.17. The fourth-order valence-corrected chi connectivity index (χ4v) is 5.40. The maximum Gasteiger partial charge on any atom is 0.342 e. The molecule has 27 heavy (non-hydrogen) atoms. The van der Waals surface area contributed by atoms with E-state index in [-0.39, 0.29) is 5.97 Å². The van der Waals surface area contributed by atoms with Crippen LogP contribution in [0.25, 0.3) is 5.76 Å². The van der Waals surface area contributed by atoms with Crippen molar-refractivity contribution >= 4 is 35.3 Å². The summed E-state index contributed by atoms with van der Waals surface area (Å²) in [4.78, 5) is 15.1. The SMILES string of the molecule is Cc1ccc(C2=CC(Sc3ccccc3)(Sc3ccccc3)C(=O)O2)cc1. The van der Waals surface area contributed by atoms with E-state index < -0.39 is 4.08 Å². The number of carbonyl (C=O) groups excluding carboxylic acids is 1.